The summed E-state index contributed by atoms with van der Waals surface area (Å²) in [7, 11) is 0. The highest BCUT2D eigenvalue weighted by atomic mass is 32.2. The molecule has 1 aliphatic carbocycles. The maximum atomic E-state index is 13.2. The summed E-state index contributed by atoms with van der Waals surface area (Å²) in [4.78, 5) is 23.9. The van der Waals surface area contributed by atoms with E-state index in [0.717, 1.165) is 36.9 Å². The molecule has 1 aliphatic heterocycles. The molecule has 0 atom stereocenters. The van der Waals surface area contributed by atoms with Crippen LogP contribution in [0.1, 0.15) is 37.7 Å². The van der Waals surface area contributed by atoms with Crippen LogP contribution in [0.3, 0.4) is 0 Å². The molecule has 4 rings (SSSR count). The number of amides is 1. The number of thioether (sulfide) groups is 1. The highest BCUT2D eigenvalue weighted by Crippen LogP contribution is 2.48. The third kappa shape index (κ3) is 3.55. The van der Waals surface area contributed by atoms with E-state index in [1.165, 1.54) is 11.5 Å². The Labute approximate surface area is 158 Å². The standard InChI is InChI=1S/C21H22N2O2S/c24-19-21(14-8-3-9-15-21)26-20(22-18-12-6-2-7-13-18)23(19)25-16-17-10-4-1-5-11-17/h1-2,4-7,10-13H,3,8-9,14-16H2. The molecule has 2 aromatic carbocycles. The molecule has 2 aromatic rings. The van der Waals surface area contributed by atoms with Crippen molar-refractivity contribution in [2.75, 3.05) is 0 Å². The minimum atomic E-state index is -0.400. The van der Waals surface area contributed by atoms with Gasteiger partial charge in [0.05, 0.1) is 5.69 Å². The van der Waals surface area contributed by atoms with Crippen molar-refractivity contribution in [3.8, 4) is 0 Å². The van der Waals surface area contributed by atoms with Crippen LogP contribution in [-0.2, 0) is 16.2 Å². The number of amidine groups is 1. The van der Waals surface area contributed by atoms with E-state index in [1.807, 2.05) is 60.7 Å². The SMILES string of the molecule is O=C1N(OCc2ccccc2)C(=Nc2ccccc2)SC12CCCCC2. The van der Waals surface area contributed by atoms with Crippen molar-refractivity contribution in [2.45, 2.75) is 43.5 Å². The molecule has 0 unspecified atom stereocenters. The maximum absolute atomic E-state index is 13.2. The van der Waals surface area contributed by atoms with Crippen LogP contribution in [0, 0.1) is 0 Å². The zero-order valence-electron chi connectivity index (χ0n) is 14.6. The predicted octanol–water partition coefficient (Wildman–Crippen LogP) is 5.08. The Morgan fingerprint density at radius 3 is 2.31 bits per heavy atom. The number of carbonyl (C=O) groups excluding carboxylic acids is 1. The molecule has 1 heterocycles. The molecule has 0 radical (unpaired) electrons. The van der Waals surface area contributed by atoms with Crippen molar-refractivity contribution >= 4 is 28.5 Å². The van der Waals surface area contributed by atoms with Crippen LogP contribution in [0.5, 0.6) is 0 Å². The van der Waals surface area contributed by atoms with Gasteiger partial charge in [-0.05, 0) is 30.5 Å². The van der Waals surface area contributed by atoms with Gasteiger partial charge in [0.1, 0.15) is 11.4 Å². The highest BCUT2D eigenvalue weighted by molar-refractivity contribution is 8.16. The van der Waals surface area contributed by atoms with Crippen LogP contribution in [0.4, 0.5) is 5.69 Å². The van der Waals surface area contributed by atoms with Crippen LogP contribution >= 0.6 is 11.8 Å². The zero-order valence-corrected chi connectivity index (χ0v) is 15.5. The largest absolute Gasteiger partial charge is 0.270 e. The lowest BCUT2D eigenvalue weighted by atomic mass is 9.87. The van der Waals surface area contributed by atoms with Gasteiger partial charge in [-0.2, -0.15) is 5.06 Å². The average molecular weight is 366 g/mol. The van der Waals surface area contributed by atoms with E-state index in [-0.39, 0.29) is 5.91 Å². The van der Waals surface area contributed by atoms with E-state index >= 15 is 0 Å². The second-order valence-electron chi connectivity index (χ2n) is 6.75. The number of rotatable bonds is 4. The maximum Gasteiger partial charge on any atom is 0.269 e. The molecule has 4 nitrogen and oxygen atoms in total. The van der Waals surface area contributed by atoms with E-state index in [1.54, 1.807) is 11.8 Å². The number of aliphatic imine (C=N–C) groups is 1. The Balaban J connectivity index is 1.60. The summed E-state index contributed by atoms with van der Waals surface area (Å²) < 4.78 is -0.400. The molecule has 0 aromatic heterocycles. The molecule has 1 saturated heterocycles. The van der Waals surface area contributed by atoms with Crippen molar-refractivity contribution in [3.63, 3.8) is 0 Å². The van der Waals surface area contributed by atoms with E-state index < -0.39 is 4.75 Å². The van der Waals surface area contributed by atoms with E-state index in [2.05, 4.69) is 0 Å². The topological polar surface area (TPSA) is 41.9 Å². The van der Waals surface area contributed by atoms with Gasteiger partial charge in [-0.3, -0.25) is 9.63 Å². The third-order valence-electron chi connectivity index (χ3n) is 4.88. The van der Waals surface area contributed by atoms with E-state index in [0.29, 0.717) is 11.8 Å². The lowest BCUT2D eigenvalue weighted by Gasteiger charge is -2.29. The Kier molecular flexibility index (Phi) is 5.09. The van der Waals surface area contributed by atoms with Gasteiger partial charge >= 0.3 is 0 Å². The summed E-state index contributed by atoms with van der Waals surface area (Å²) in [6.45, 7) is 0.358. The fourth-order valence-corrected chi connectivity index (χ4v) is 4.86. The summed E-state index contributed by atoms with van der Waals surface area (Å²) in [5, 5.41) is 2.09. The molecule has 134 valence electrons. The fraction of sp³-hybridized carbons (Fsp3) is 0.333. The first-order chi connectivity index (χ1) is 12.8. The Morgan fingerprint density at radius 2 is 1.62 bits per heavy atom. The molecular weight excluding hydrogens is 344 g/mol. The number of hydrogen-bond donors (Lipinski definition) is 0. The number of nitrogens with zero attached hydrogens (tertiary/aromatic N) is 2. The van der Waals surface area contributed by atoms with Gasteiger partial charge < -0.3 is 0 Å². The van der Waals surface area contributed by atoms with Gasteiger partial charge in [-0.1, -0.05) is 79.6 Å². The summed E-state index contributed by atoms with van der Waals surface area (Å²) in [5.41, 5.74) is 1.87. The van der Waals surface area contributed by atoms with Crippen molar-refractivity contribution < 1.29 is 9.63 Å². The molecule has 26 heavy (non-hydrogen) atoms. The van der Waals surface area contributed by atoms with Crippen LogP contribution in [-0.4, -0.2) is 20.9 Å². The molecule has 0 N–H and O–H groups in total. The minimum Gasteiger partial charge on any atom is -0.270 e. The Bertz CT molecular complexity index is 786. The van der Waals surface area contributed by atoms with Crippen LogP contribution in [0.2, 0.25) is 0 Å². The van der Waals surface area contributed by atoms with Crippen LogP contribution < -0.4 is 0 Å². The Hall–Kier alpha value is -2.11. The molecule has 1 spiro atoms. The van der Waals surface area contributed by atoms with Gasteiger partial charge in [0.2, 0.25) is 0 Å². The smallest absolute Gasteiger partial charge is 0.269 e. The van der Waals surface area contributed by atoms with Gasteiger partial charge in [0.15, 0.2) is 5.17 Å². The minimum absolute atomic E-state index is 0.0489. The lowest BCUT2D eigenvalue weighted by molar-refractivity contribution is -0.167. The summed E-state index contributed by atoms with van der Waals surface area (Å²) in [5.74, 6) is 0.0489. The van der Waals surface area contributed by atoms with E-state index in [9.17, 15) is 4.79 Å². The van der Waals surface area contributed by atoms with Gasteiger partial charge in [-0.15, -0.1) is 0 Å². The highest BCUT2D eigenvalue weighted by Gasteiger charge is 2.52. The van der Waals surface area contributed by atoms with Gasteiger partial charge in [-0.25, -0.2) is 4.99 Å². The fourth-order valence-electron chi connectivity index (χ4n) is 3.48. The zero-order chi connectivity index (χ0) is 17.8. The number of para-hydroxylation sites is 1. The monoisotopic (exact) mass is 366 g/mol. The third-order valence-corrected chi connectivity index (χ3v) is 6.29. The van der Waals surface area contributed by atoms with Crippen molar-refractivity contribution in [1.82, 2.24) is 5.06 Å². The van der Waals surface area contributed by atoms with Crippen LogP contribution in [0.25, 0.3) is 0 Å². The normalized spacial score (nSPS) is 20.8. The lowest BCUT2D eigenvalue weighted by Crippen LogP contribution is -2.40. The molecule has 2 fully saturated rings. The van der Waals surface area contributed by atoms with Gasteiger partial charge in [0, 0.05) is 0 Å². The van der Waals surface area contributed by atoms with Crippen molar-refractivity contribution in [1.29, 1.82) is 0 Å². The van der Waals surface area contributed by atoms with Gasteiger partial charge in [0.25, 0.3) is 5.91 Å². The first-order valence-electron chi connectivity index (χ1n) is 9.11. The second-order valence-corrected chi connectivity index (χ2v) is 8.10. The molecule has 1 amide bonds. The first kappa shape index (κ1) is 17.3. The summed E-state index contributed by atoms with van der Waals surface area (Å²) >= 11 is 1.58. The predicted molar refractivity (Wildman–Crippen MR) is 105 cm³/mol. The molecule has 1 saturated carbocycles. The number of carbonyl (C=O) groups is 1. The van der Waals surface area contributed by atoms with Crippen LogP contribution in [0.15, 0.2) is 65.7 Å². The van der Waals surface area contributed by atoms with Crippen molar-refractivity contribution in [3.05, 3.63) is 66.2 Å². The molecule has 2 aliphatic rings. The number of hydrogen-bond acceptors (Lipinski definition) is 4. The number of benzene rings is 2. The quantitative estimate of drug-likeness (QED) is 0.757. The average Bonchev–Trinajstić information content (AvgIpc) is 2.93. The molecule has 5 heteroatoms. The molecular formula is C21H22N2O2S. The molecule has 0 bridgehead atoms. The van der Waals surface area contributed by atoms with E-state index in [4.69, 9.17) is 9.83 Å². The number of hydroxylamine groups is 2. The van der Waals surface area contributed by atoms with Crippen molar-refractivity contribution in [2.24, 2.45) is 4.99 Å². The second kappa shape index (κ2) is 7.64. The first-order valence-corrected chi connectivity index (χ1v) is 9.93. The summed E-state index contributed by atoms with van der Waals surface area (Å²) in [6.07, 6.45) is 5.17. The summed E-state index contributed by atoms with van der Waals surface area (Å²) in [6, 6.07) is 19.7. The Morgan fingerprint density at radius 1 is 0.962 bits per heavy atom.